The topological polar surface area (TPSA) is 45.2 Å². The monoisotopic (exact) mass is 341 g/mol. The van der Waals surface area contributed by atoms with E-state index >= 15 is 0 Å². The Kier molecular flexibility index (Phi) is 4.59. The van der Waals surface area contributed by atoms with Gasteiger partial charge in [-0.15, -0.1) is 22.7 Å². The maximum atomic E-state index is 12.5. The van der Waals surface area contributed by atoms with Gasteiger partial charge in [-0.05, 0) is 32.0 Å². The average molecular weight is 342 g/mol. The number of rotatable bonds is 3. The van der Waals surface area contributed by atoms with Gasteiger partial charge in [0.1, 0.15) is 10.7 Å². The van der Waals surface area contributed by atoms with Crippen molar-refractivity contribution in [2.45, 2.75) is 18.9 Å². The van der Waals surface area contributed by atoms with E-state index in [4.69, 9.17) is 11.6 Å². The number of likely N-dealkylation sites (tertiary alicyclic amines) is 1. The zero-order chi connectivity index (χ0) is 14.8. The highest BCUT2D eigenvalue weighted by Crippen LogP contribution is 2.33. The smallest absolute Gasteiger partial charge is 0.273 e. The van der Waals surface area contributed by atoms with Crippen LogP contribution in [0.3, 0.4) is 0 Å². The minimum atomic E-state index is 0.0279. The molecule has 21 heavy (non-hydrogen) atoms. The van der Waals surface area contributed by atoms with Crippen molar-refractivity contribution in [3.63, 3.8) is 0 Å². The zero-order valence-electron chi connectivity index (χ0n) is 11.6. The Morgan fingerprint density at radius 2 is 2.38 bits per heavy atom. The Labute approximate surface area is 136 Å². The quantitative estimate of drug-likeness (QED) is 0.931. The molecule has 2 aromatic rings. The van der Waals surface area contributed by atoms with Gasteiger partial charge in [-0.2, -0.15) is 0 Å². The van der Waals surface area contributed by atoms with Gasteiger partial charge in [0.2, 0.25) is 0 Å². The van der Waals surface area contributed by atoms with Crippen molar-refractivity contribution in [2.24, 2.45) is 0 Å². The molecule has 1 N–H and O–H groups in total. The summed E-state index contributed by atoms with van der Waals surface area (Å²) in [5, 5.41) is 5.95. The molecule has 1 aliphatic rings. The van der Waals surface area contributed by atoms with E-state index in [-0.39, 0.29) is 5.91 Å². The van der Waals surface area contributed by atoms with Crippen LogP contribution >= 0.6 is 34.3 Å². The van der Waals surface area contributed by atoms with Gasteiger partial charge in [-0.3, -0.25) is 4.79 Å². The second-order valence-corrected chi connectivity index (χ2v) is 7.59. The van der Waals surface area contributed by atoms with Gasteiger partial charge in [-0.25, -0.2) is 4.98 Å². The van der Waals surface area contributed by atoms with Gasteiger partial charge in [0.25, 0.3) is 5.91 Å². The molecular formula is C14H16ClN3OS2. The fraction of sp³-hybridized carbons (Fsp3) is 0.429. The van der Waals surface area contributed by atoms with Crippen molar-refractivity contribution in [3.05, 3.63) is 27.5 Å². The number of amides is 1. The van der Waals surface area contributed by atoms with Crippen LogP contribution in [0.15, 0.2) is 17.5 Å². The second-order valence-electron chi connectivity index (χ2n) is 5.02. The molecule has 0 spiro atoms. The molecule has 0 bridgehead atoms. The van der Waals surface area contributed by atoms with E-state index in [1.165, 1.54) is 22.7 Å². The van der Waals surface area contributed by atoms with Crippen LogP contribution in [0.25, 0.3) is 9.88 Å². The van der Waals surface area contributed by atoms with Crippen molar-refractivity contribution < 1.29 is 4.79 Å². The third-order valence-electron chi connectivity index (χ3n) is 3.62. The first-order valence-electron chi connectivity index (χ1n) is 6.85. The number of thiazole rings is 1. The number of thiophene rings is 1. The Hall–Kier alpha value is -0.950. The zero-order valence-corrected chi connectivity index (χ0v) is 14.0. The molecule has 4 nitrogen and oxygen atoms in total. The van der Waals surface area contributed by atoms with E-state index in [0.29, 0.717) is 11.7 Å². The van der Waals surface area contributed by atoms with Crippen molar-refractivity contribution >= 4 is 40.2 Å². The Morgan fingerprint density at radius 1 is 1.52 bits per heavy atom. The maximum Gasteiger partial charge on any atom is 0.273 e. The van der Waals surface area contributed by atoms with Crippen LogP contribution in [0, 0.1) is 0 Å². The highest BCUT2D eigenvalue weighted by molar-refractivity contribution is 7.23. The number of nitrogens with one attached hydrogen (secondary N) is 1. The Bertz CT molecular complexity index is 640. The number of likely N-dealkylation sites (N-methyl/N-ethyl adjacent to an activating group) is 1. The minimum Gasteiger partial charge on any atom is -0.336 e. The lowest BCUT2D eigenvalue weighted by atomic mass is 10.1. The van der Waals surface area contributed by atoms with Crippen LogP contribution in [-0.4, -0.2) is 42.0 Å². The summed E-state index contributed by atoms with van der Waals surface area (Å²) in [6, 6.07) is 4.18. The van der Waals surface area contributed by atoms with Gasteiger partial charge >= 0.3 is 0 Å². The first-order valence-corrected chi connectivity index (χ1v) is 8.92. The third kappa shape index (κ3) is 3.29. The Morgan fingerprint density at radius 3 is 3.10 bits per heavy atom. The molecule has 2 aromatic heterocycles. The summed E-state index contributed by atoms with van der Waals surface area (Å²) in [7, 11) is 1.94. The largest absolute Gasteiger partial charge is 0.336 e. The lowest BCUT2D eigenvalue weighted by molar-refractivity contribution is 0.0693. The molecule has 1 fully saturated rings. The number of nitrogens with zero attached hydrogens (tertiary/aromatic N) is 2. The molecule has 1 unspecified atom stereocenters. The van der Waals surface area contributed by atoms with Gasteiger partial charge in [0.05, 0.1) is 9.21 Å². The summed E-state index contributed by atoms with van der Waals surface area (Å²) in [5.41, 5.74) is 0.538. The number of hydrogen-bond donors (Lipinski definition) is 1. The van der Waals surface area contributed by atoms with Crippen LogP contribution in [0.1, 0.15) is 23.3 Å². The van der Waals surface area contributed by atoms with Crippen molar-refractivity contribution in [1.82, 2.24) is 15.2 Å². The van der Waals surface area contributed by atoms with Gasteiger partial charge in [0, 0.05) is 24.5 Å². The SMILES string of the molecule is CNC1CCCN(C(=O)c2csc(-c3ccc(Cl)s3)n2)C1. The molecule has 0 radical (unpaired) electrons. The summed E-state index contributed by atoms with van der Waals surface area (Å²) in [4.78, 5) is 19.9. The third-order valence-corrected chi connectivity index (χ3v) is 5.87. The normalized spacial score (nSPS) is 19.0. The maximum absolute atomic E-state index is 12.5. The Balaban J connectivity index is 1.75. The molecule has 0 aromatic carbocycles. The van der Waals surface area contributed by atoms with E-state index < -0.39 is 0 Å². The molecular weight excluding hydrogens is 326 g/mol. The number of piperidine rings is 1. The van der Waals surface area contributed by atoms with Gasteiger partial charge in [0.15, 0.2) is 0 Å². The average Bonchev–Trinajstić information content (AvgIpc) is 3.15. The van der Waals surface area contributed by atoms with E-state index in [2.05, 4.69) is 10.3 Å². The molecule has 3 rings (SSSR count). The molecule has 1 amide bonds. The van der Waals surface area contributed by atoms with E-state index in [0.717, 1.165) is 40.2 Å². The molecule has 7 heteroatoms. The molecule has 1 atom stereocenters. The number of aromatic nitrogens is 1. The molecule has 1 aliphatic heterocycles. The van der Waals surface area contributed by atoms with Crippen molar-refractivity contribution in [3.8, 4) is 9.88 Å². The lowest BCUT2D eigenvalue weighted by Crippen LogP contribution is -2.47. The van der Waals surface area contributed by atoms with Gasteiger partial charge < -0.3 is 10.2 Å². The number of hydrogen-bond acceptors (Lipinski definition) is 5. The highest BCUT2D eigenvalue weighted by atomic mass is 35.5. The molecule has 1 saturated heterocycles. The number of carbonyl (C=O) groups excluding carboxylic acids is 1. The van der Waals surface area contributed by atoms with Crippen LogP contribution in [0.5, 0.6) is 0 Å². The fourth-order valence-corrected chi connectivity index (χ4v) is 4.38. The van der Waals surface area contributed by atoms with E-state index in [9.17, 15) is 4.79 Å². The summed E-state index contributed by atoms with van der Waals surface area (Å²) in [6.45, 7) is 1.57. The van der Waals surface area contributed by atoms with Crippen molar-refractivity contribution in [1.29, 1.82) is 0 Å². The fourth-order valence-electron chi connectivity index (χ4n) is 2.47. The molecule has 0 aliphatic carbocycles. The summed E-state index contributed by atoms with van der Waals surface area (Å²) in [6.07, 6.45) is 2.16. The second kappa shape index (κ2) is 6.44. The molecule has 0 saturated carbocycles. The summed E-state index contributed by atoms with van der Waals surface area (Å²) >= 11 is 8.92. The van der Waals surface area contributed by atoms with Crippen LogP contribution < -0.4 is 5.32 Å². The van der Waals surface area contributed by atoms with Crippen LogP contribution in [0.4, 0.5) is 0 Å². The predicted octanol–water partition coefficient (Wildman–Crippen LogP) is 3.35. The first kappa shape index (κ1) is 15.0. The summed E-state index contributed by atoms with van der Waals surface area (Å²) in [5.74, 6) is 0.0279. The van der Waals surface area contributed by atoms with E-state index in [1.807, 2.05) is 29.5 Å². The number of carbonyl (C=O) groups is 1. The van der Waals surface area contributed by atoms with Crippen LogP contribution in [0.2, 0.25) is 4.34 Å². The predicted molar refractivity (Wildman–Crippen MR) is 88.4 cm³/mol. The molecule has 112 valence electrons. The first-order chi connectivity index (χ1) is 10.2. The van der Waals surface area contributed by atoms with Gasteiger partial charge in [-0.1, -0.05) is 11.6 Å². The van der Waals surface area contributed by atoms with Crippen molar-refractivity contribution in [2.75, 3.05) is 20.1 Å². The highest BCUT2D eigenvalue weighted by Gasteiger charge is 2.25. The molecule has 3 heterocycles. The van der Waals surface area contributed by atoms with E-state index in [1.54, 1.807) is 0 Å². The lowest BCUT2D eigenvalue weighted by Gasteiger charge is -2.32. The standard InChI is InChI=1S/C14H16ClN3OS2/c1-16-9-3-2-6-18(7-9)14(19)10-8-20-13(17-10)11-4-5-12(15)21-11/h4-5,8-9,16H,2-3,6-7H2,1H3. The van der Waals surface area contributed by atoms with Crippen LogP contribution in [-0.2, 0) is 0 Å². The minimum absolute atomic E-state index is 0.0279. The number of halogens is 1. The summed E-state index contributed by atoms with van der Waals surface area (Å²) < 4.78 is 0.737.